The summed E-state index contributed by atoms with van der Waals surface area (Å²) in [5.74, 6) is 0.811. The van der Waals surface area contributed by atoms with Crippen molar-refractivity contribution in [1.82, 2.24) is 0 Å². The summed E-state index contributed by atoms with van der Waals surface area (Å²) in [6, 6.07) is 5.64. The van der Waals surface area contributed by atoms with Crippen molar-refractivity contribution in [2.75, 3.05) is 7.11 Å². The van der Waals surface area contributed by atoms with E-state index in [2.05, 4.69) is 18.3 Å². The lowest BCUT2D eigenvalue weighted by Gasteiger charge is -2.06. The zero-order valence-corrected chi connectivity index (χ0v) is 10.0. The largest absolute Gasteiger partial charge is 0.497 e. The summed E-state index contributed by atoms with van der Waals surface area (Å²) in [5.41, 5.74) is 2.78. The van der Waals surface area contributed by atoms with Crippen molar-refractivity contribution >= 4 is 18.0 Å². The molecule has 0 unspecified atom stereocenters. The van der Waals surface area contributed by atoms with Crippen LogP contribution in [-0.2, 0) is 0 Å². The van der Waals surface area contributed by atoms with Crippen molar-refractivity contribution in [1.29, 1.82) is 0 Å². The number of nitrogens with zero attached hydrogens (tertiary/aromatic N) is 1. The normalized spacial score (nSPS) is 8.53. The lowest BCUT2D eigenvalue weighted by atomic mass is 10.1. The van der Waals surface area contributed by atoms with Crippen LogP contribution >= 0.6 is 0 Å². The predicted octanol–water partition coefficient (Wildman–Crippen LogP) is 4.09. The Balaban J connectivity index is 0.000000921. The Morgan fingerprint density at radius 3 is 2.33 bits per heavy atom. The first-order chi connectivity index (χ1) is 7.19. The fraction of sp³-hybridized carbons (Fsp3) is 0.308. The van der Waals surface area contributed by atoms with Gasteiger partial charge in [-0.05, 0) is 37.4 Å². The molecule has 1 aromatic rings. The molecule has 1 rings (SSSR count). The molecule has 2 heteroatoms. The SMILES string of the molecule is C=Nc1ccc(OC)cc1C(=C)C.CC. The maximum atomic E-state index is 5.10. The quantitative estimate of drug-likeness (QED) is 0.681. The van der Waals surface area contributed by atoms with Crippen molar-refractivity contribution in [2.45, 2.75) is 20.8 Å². The van der Waals surface area contributed by atoms with Crippen LogP contribution in [0.5, 0.6) is 5.75 Å². The van der Waals surface area contributed by atoms with Crippen molar-refractivity contribution in [3.8, 4) is 5.75 Å². The topological polar surface area (TPSA) is 21.6 Å². The Morgan fingerprint density at radius 1 is 1.33 bits per heavy atom. The molecule has 0 fully saturated rings. The smallest absolute Gasteiger partial charge is 0.119 e. The van der Waals surface area contributed by atoms with E-state index in [-0.39, 0.29) is 0 Å². The second kappa shape index (κ2) is 6.82. The van der Waals surface area contributed by atoms with Crippen LogP contribution in [0.25, 0.3) is 5.57 Å². The number of aliphatic imine (C=N–C) groups is 1. The molecule has 0 aliphatic heterocycles. The number of ether oxygens (including phenoxy) is 1. The van der Waals surface area contributed by atoms with Gasteiger partial charge in [0.1, 0.15) is 5.75 Å². The Morgan fingerprint density at radius 2 is 1.93 bits per heavy atom. The van der Waals surface area contributed by atoms with E-state index in [0.717, 1.165) is 22.6 Å². The molecule has 0 aromatic heterocycles. The van der Waals surface area contributed by atoms with E-state index in [1.165, 1.54) is 0 Å². The van der Waals surface area contributed by atoms with Crippen molar-refractivity contribution < 1.29 is 4.74 Å². The van der Waals surface area contributed by atoms with Gasteiger partial charge in [-0.15, -0.1) is 0 Å². The molecule has 0 atom stereocenters. The highest BCUT2D eigenvalue weighted by atomic mass is 16.5. The second-order valence-corrected chi connectivity index (χ2v) is 2.82. The zero-order valence-electron chi connectivity index (χ0n) is 10.0. The summed E-state index contributed by atoms with van der Waals surface area (Å²) in [5, 5.41) is 0. The van der Waals surface area contributed by atoms with Gasteiger partial charge in [0.2, 0.25) is 0 Å². The summed E-state index contributed by atoms with van der Waals surface area (Å²) in [6.07, 6.45) is 0. The van der Waals surface area contributed by atoms with Crippen LogP contribution in [0, 0.1) is 0 Å². The Labute approximate surface area is 92.3 Å². The van der Waals surface area contributed by atoms with Crippen molar-refractivity contribution in [2.24, 2.45) is 4.99 Å². The average Bonchev–Trinajstić information content (AvgIpc) is 2.30. The van der Waals surface area contributed by atoms with Gasteiger partial charge in [-0.3, -0.25) is 4.99 Å². The predicted molar refractivity (Wildman–Crippen MR) is 68.3 cm³/mol. The highest BCUT2D eigenvalue weighted by Gasteiger charge is 2.02. The van der Waals surface area contributed by atoms with Crippen LogP contribution in [0.2, 0.25) is 0 Å². The molecule has 82 valence electrons. The average molecular weight is 205 g/mol. The maximum absolute atomic E-state index is 5.10. The molecule has 0 heterocycles. The van der Waals surface area contributed by atoms with Crippen molar-refractivity contribution in [3.63, 3.8) is 0 Å². The number of hydrogen-bond acceptors (Lipinski definition) is 2. The van der Waals surface area contributed by atoms with Crippen molar-refractivity contribution in [3.05, 3.63) is 30.3 Å². The number of methoxy groups -OCH3 is 1. The lowest BCUT2D eigenvalue weighted by molar-refractivity contribution is 0.414. The van der Waals surface area contributed by atoms with Crippen LogP contribution in [0.15, 0.2) is 29.8 Å². The van der Waals surface area contributed by atoms with Gasteiger partial charge in [-0.2, -0.15) is 0 Å². The van der Waals surface area contributed by atoms with E-state index < -0.39 is 0 Å². The summed E-state index contributed by atoms with van der Waals surface area (Å²) in [7, 11) is 1.64. The van der Waals surface area contributed by atoms with Gasteiger partial charge in [0.05, 0.1) is 12.8 Å². The Hall–Kier alpha value is -1.57. The molecule has 0 saturated carbocycles. The Bertz CT molecular complexity index is 342. The molecule has 0 radical (unpaired) electrons. The van der Waals surface area contributed by atoms with E-state index in [1.807, 2.05) is 39.0 Å². The van der Waals surface area contributed by atoms with Gasteiger partial charge in [-0.1, -0.05) is 20.4 Å². The minimum atomic E-state index is 0.811. The standard InChI is InChI=1S/C11H13NO.C2H6/c1-8(2)10-7-9(13-4)5-6-11(10)12-3;1-2/h5-7H,1,3H2,2,4H3;1-2H3. The molecule has 0 spiro atoms. The minimum Gasteiger partial charge on any atom is -0.497 e. The van der Waals surface area contributed by atoms with E-state index >= 15 is 0 Å². The number of allylic oxidation sites excluding steroid dienone is 1. The van der Waals surface area contributed by atoms with E-state index in [1.54, 1.807) is 7.11 Å². The highest BCUT2D eigenvalue weighted by molar-refractivity contribution is 5.74. The van der Waals surface area contributed by atoms with Crippen LogP contribution < -0.4 is 4.74 Å². The van der Waals surface area contributed by atoms with Crippen LogP contribution in [0.3, 0.4) is 0 Å². The number of hydrogen-bond donors (Lipinski definition) is 0. The first-order valence-corrected chi connectivity index (χ1v) is 4.99. The molecular formula is C13H19NO. The van der Waals surface area contributed by atoms with Gasteiger partial charge in [0, 0.05) is 5.56 Å². The van der Waals surface area contributed by atoms with Gasteiger partial charge >= 0.3 is 0 Å². The summed E-state index contributed by atoms with van der Waals surface area (Å²) < 4.78 is 5.10. The first-order valence-electron chi connectivity index (χ1n) is 4.99. The first kappa shape index (κ1) is 13.4. The molecule has 15 heavy (non-hydrogen) atoms. The third-order valence-corrected chi connectivity index (χ3v) is 1.83. The summed E-state index contributed by atoms with van der Waals surface area (Å²) in [4.78, 5) is 3.90. The molecule has 0 aliphatic carbocycles. The molecule has 0 aliphatic rings. The van der Waals surface area contributed by atoms with Gasteiger partial charge in [-0.25, -0.2) is 0 Å². The van der Waals surface area contributed by atoms with Crippen LogP contribution in [0.4, 0.5) is 5.69 Å². The molecule has 1 aromatic carbocycles. The monoisotopic (exact) mass is 205 g/mol. The molecule has 0 saturated heterocycles. The van der Waals surface area contributed by atoms with Crippen LogP contribution in [0.1, 0.15) is 26.3 Å². The Kier molecular flexibility index (Phi) is 6.11. The zero-order chi connectivity index (χ0) is 11.8. The third kappa shape index (κ3) is 3.58. The molecule has 0 amide bonds. The third-order valence-electron chi connectivity index (χ3n) is 1.83. The lowest BCUT2D eigenvalue weighted by Crippen LogP contribution is -1.85. The van der Waals surface area contributed by atoms with Gasteiger partial charge < -0.3 is 4.74 Å². The molecule has 2 nitrogen and oxygen atoms in total. The molecule has 0 bridgehead atoms. The second-order valence-electron chi connectivity index (χ2n) is 2.82. The molecular weight excluding hydrogens is 186 g/mol. The van der Waals surface area contributed by atoms with E-state index in [0.29, 0.717) is 0 Å². The molecule has 0 N–H and O–H groups in total. The minimum absolute atomic E-state index is 0.811. The van der Waals surface area contributed by atoms with E-state index in [9.17, 15) is 0 Å². The fourth-order valence-electron chi connectivity index (χ4n) is 1.12. The number of rotatable bonds is 3. The van der Waals surface area contributed by atoms with Gasteiger partial charge in [0.15, 0.2) is 0 Å². The van der Waals surface area contributed by atoms with Gasteiger partial charge in [0.25, 0.3) is 0 Å². The number of benzene rings is 1. The summed E-state index contributed by atoms with van der Waals surface area (Å²) >= 11 is 0. The highest BCUT2D eigenvalue weighted by Crippen LogP contribution is 2.28. The van der Waals surface area contributed by atoms with Crippen LogP contribution in [-0.4, -0.2) is 13.8 Å². The summed E-state index contributed by atoms with van der Waals surface area (Å²) in [6.45, 7) is 13.3. The van der Waals surface area contributed by atoms with E-state index in [4.69, 9.17) is 4.74 Å². The fourth-order valence-corrected chi connectivity index (χ4v) is 1.12. The maximum Gasteiger partial charge on any atom is 0.119 e.